The first-order valence-electron chi connectivity index (χ1n) is 3.70. The summed E-state index contributed by atoms with van der Waals surface area (Å²) in [5, 5.41) is 9.13. The Bertz CT molecular complexity index is 244. The largest absolute Gasteiger partial charge is 0.503 e. The van der Waals surface area contributed by atoms with E-state index in [1.165, 1.54) is 38.0 Å². The Morgan fingerprint density at radius 1 is 1.08 bits per heavy atom. The van der Waals surface area contributed by atoms with Gasteiger partial charge >= 0.3 is 0 Å². The summed E-state index contributed by atoms with van der Waals surface area (Å²) in [5.41, 5.74) is 0. The van der Waals surface area contributed by atoms with Crippen molar-refractivity contribution in [1.82, 2.24) is 9.80 Å². The van der Waals surface area contributed by atoms with Gasteiger partial charge < -0.3 is 14.9 Å². The van der Waals surface area contributed by atoms with Crippen LogP contribution in [0.2, 0.25) is 0 Å². The van der Waals surface area contributed by atoms with E-state index in [0.717, 1.165) is 6.08 Å². The summed E-state index contributed by atoms with van der Waals surface area (Å²) >= 11 is 0. The maximum Gasteiger partial charge on any atom is 0.288 e. The number of hydrogen-bond acceptors (Lipinski definition) is 3. The van der Waals surface area contributed by atoms with Crippen LogP contribution in [0.25, 0.3) is 0 Å². The lowest BCUT2D eigenvalue weighted by Gasteiger charge is -2.10. The monoisotopic (exact) mass is 186 g/mol. The van der Waals surface area contributed by atoms with E-state index in [1.54, 1.807) is 0 Å². The van der Waals surface area contributed by atoms with Gasteiger partial charge in [0.1, 0.15) is 0 Å². The SMILES string of the molecule is CN(C)C(=O)/C=C(\O)C(=O)N(C)C. The molecule has 0 unspecified atom stereocenters. The molecular weight excluding hydrogens is 172 g/mol. The predicted molar refractivity (Wildman–Crippen MR) is 48.1 cm³/mol. The van der Waals surface area contributed by atoms with Gasteiger partial charge in [-0.25, -0.2) is 0 Å². The van der Waals surface area contributed by atoms with Gasteiger partial charge in [0.15, 0.2) is 5.76 Å². The number of carbonyl (C=O) groups excluding carboxylic acids is 2. The van der Waals surface area contributed by atoms with Gasteiger partial charge in [-0.3, -0.25) is 9.59 Å². The Morgan fingerprint density at radius 2 is 1.54 bits per heavy atom. The van der Waals surface area contributed by atoms with E-state index in [1.807, 2.05) is 0 Å². The minimum Gasteiger partial charge on any atom is -0.503 e. The Hall–Kier alpha value is -1.52. The molecule has 0 saturated carbocycles. The van der Waals surface area contributed by atoms with Crippen LogP contribution in [-0.4, -0.2) is 54.9 Å². The number of amides is 2. The highest BCUT2D eigenvalue weighted by atomic mass is 16.3. The van der Waals surface area contributed by atoms with Crippen LogP contribution in [0.4, 0.5) is 0 Å². The molecule has 0 aromatic rings. The Labute approximate surface area is 77.2 Å². The quantitative estimate of drug-likeness (QED) is 0.471. The molecule has 74 valence electrons. The van der Waals surface area contributed by atoms with Crippen LogP contribution in [0.3, 0.4) is 0 Å². The average molecular weight is 186 g/mol. The zero-order chi connectivity index (χ0) is 10.6. The fourth-order valence-corrected chi connectivity index (χ4v) is 0.537. The summed E-state index contributed by atoms with van der Waals surface area (Å²) in [4.78, 5) is 24.5. The lowest BCUT2D eigenvalue weighted by atomic mass is 10.4. The van der Waals surface area contributed by atoms with Gasteiger partial charge in [0.25, 0.3) is 5.91 Å². The van der Waals surface area contributed by atoms with Gasteiger partial charge in [0.05, 0.1) is 6.08 Å². The lowest BCUT2D eigenvalue weighted by molar-refractivity contribution is -0.129. The summed E-state index contributed by atoms with van der Waals surface area (Å²) in [7, 11) is 6.05. The van der Waals surface area contributed by atoms with Crippen molar-refractivity contribution < 1.29 is 14.7 Å². The van der Waals surface area contributed by atoms with Crippen LogP contribution in [0.5, 0.6) is 0 Å². The molecule has 0 spiro atoms. The molecule has 0 aliphatic heterocycles. The van der Waals surface area contributed by atoms with Crippen molar-refractivity contribution in [3.63, 3.8) is 0 Å². The number of rotatable bonds is 2. The fourth-order valence-electron chi connectivity index (χ4n) is 0.537. The summed E-state index contributed by atoms with van der Waals surface area (Å²) in [6, 6.07) is 0. The highest BCUT2D eigenvalue weighted by molar-refractivity contribution is 5.98. The number of aliphatic hydroxyl groups excluding tert-OH is 1. The van der Waals surface area contributed by atoms with Crippen molar-refractivity contribution in [3.05, 3.63) is 11.8 Å². The van der Waals surface area contributed by atoms with E-state index in [9.17, 15) is 9.59 Å². The molecule has 0 radical (unpaired) electrons. The maximum absolute atomic E-state index is 11.0. The first-order chi connectivity index (χ1) is 5.86. The predicted octanol–water partition coefficient (Wildman–Crippen LogP) is -0.395. The number of nitrogens with zero attached hydrogens (tertiary/aromatic N) is 2. The first-order valence-corrected chi connectivity index (χ1v) is 3.70. The average Bonchev–Trinajstić information content (AvgIpc) is 2.02. The summed E-state index contributed by atoms with van der Waals surface area (Å²) in [5.74, 6) is -1.56. The molecule has 5 heteroatoms. The smallest absolute Gasteiger partial charge is 0.288 e. The highest BCUT2D eigenvalue weighted by Crippen LogP contribution is 1.95. The van der Waals surface area contributed by atoms with Gasteiger partial charge in [0.2, 0.25) is 5.91 Å². The van der Waals surface area contributed by atoms with Crippen molar-refractivity contribution in [1.29, 1.82) is 0 Å². The zero-order valence-electron chi connectivity index (χ0n) is 8.24. The van der Waals surface area contributed by atoms with Crippen LogP contribution in [-0.2, 0) is 9.59 Å². The second kappa shape index (κ2) is 4.49. The van der Waals surface area contributed by atoms with Gasteiger partial charge in [-0.15, -0.1) is 0 Å². The molecule has 0 saturated heterocycles. The molecule has 0 aromatic carbocycles. The van der Waals surface area contributed by atoms with Crippen molar-refractivity contribution in [2.45, 2.75) is 0 Å². The van der Waals surface area contributed by atoms with Crippen LogP contribution >= 0.6 is 0 Å². The maximum atomic E-state index is 11.0. The van der Waals surface area contributed by atoms with E-state index in [-0.39, 0.29) is 0 Å². The second-order valence-corrected chi connectivity index (χ2v) is 2.96. The van der Waals surface area contributed by atoms with E-state index in [0.29, 0.717) is 0 Å². The van der Waals surface area contributed by atoms with E-state index in [2.05, 4.69) is 0 Å². The second-order valence-electron chi connectivity index (χ2n) is 2.96. The number of hydrogen-bond donors (Lipinski definition) is 1. The molecule has 2 amide bonds. The molecule has 13 heavy (non-hydrogen) atoms. The molecule has 0 atom stereocenters. The third kappa shape index (κ3) is 3.59. The van der Waals surface area contributed by atoms with Crippen molar-refractivity contribution in [2.24, 2.45) is 0 Å². The van der Waals surface area contributed by atoms with E-state index in [4.69, 9.17) is 5.11 Å². The van der Waals surface area contributed by atoms with Crippen LogP contribution in [0.1, 0.15) is 0 Å². The molecule has 0 aromatic heterocycles. The minimum absolute atomic E-state index is 0.423. The number of carbonyl (C=O) groups is 2. The molecule has 0 fully saturated rings. The molecule has 1 N–H and O–H groups in total. The molecular formula is C8H14N2O3. The third-order valence-corrected chi connectivity index (χ3v) is 1.33. The van der Waals surface area contributed by atoms with Crippen molar-refractivity contribution in [2.75, 3.05) is 28.2 Å². The standard InChI is InChI=1S/C8H14N2O3/c1-9(2)7(12)5-6(11)8(13)10(3)4/h5,11H,1-4H3/b6-5-. The summed E-state index contributed by atoms with van der Waals surface area (Å²) < 4.78 is 0. The number of likely N-dealkylation sites (N-methyl/N-ethyl adjacent to an activating group) is 2. The van der Waals surface area contributed by atoms with Crippen LogP contribution < -0.4 is 0 Å². The molecule has 0 bridgehead atoms. The molecule has 5 nitrogen and oxygen atoms in total. The van der Waals surface area contributed by atoms with Gasteiger partial charge in [-0.2, -0.15) is 0 Å². The fraction of sp³-hybridized carbons (Fsp3) is 0.500. The zero-order valence-corrected chi connectivity index (χ0v) is 8.24. The lowest BCUT2D eigenvalue weighted by Crippen LogP contribution is -2.26. The Kier molecular flexibility index (Phi) is 3.97. The molecule has 0 aliphatic carbocycles. The van der Waals surface area contributed by atoms with Gasteiger partial charge in [0, 0.05) is 28.2 Å². The minimum atomic E-state index is -0.588. The molecule has 0 aliphatic rings. The van der Waals surface area contributed by atoms with Crippen LogP contribution in [0.15, 0.2) is 11.8 Å². The third-order valence-electron chi connectivity index (χ3n) is 1.33. The van der Waals surface area contributed by atoms with Crippen LogP contribution in [0, 0.1) is 0 Å². The van der Waals surface area contributed by atoms with Gasteiger partial charge in [-0.05, 0) is 0 Å². The highest BCUT2D eigenvalue weighted by Gasteiger charge is 2.12. The Morgan fingerprint density at radius 3 is 1.85 bits per heavy atom. The van der Waals surface area contributed by atoms with Crippen molar-refractivity contribution in [3.8, 4) is 0 Å². The molecule has 0 rings (SSSR count). The van der Waals surface area contributed by atoms with E-state index >= 15 is 0 Å². The Balaban J connectivity index is 4.50. The topological polar surface area (TPSA) is 60.9 Å². The summed E-state index contributed by atoms with van der Waals surface area (Å²) in [6.07, 6.45) is 0.891. The normalized spacial score (nSPS) is 10.9. The summed E-state index contributed by atoms with van der Waals surface area (Å²) in [6.45, 7) is 0. The van der Waals surface area contributed by atoms with Crippen molar-refractivity contribution >= 4 is 11.8 Å². The molecule has 0 heterocycles. The van der Waals surface area contributed by atoms with Gasteiger partial charge in [-0.1, -0.05) is 0 Å². The van der Waals surface area contributed by atoms with E-state index < -0.39 is 17.6 Å². The first kappa shape index (κ1) is 11.5. The number of aliphatic hydroxyl groups is 1.